The molecule has 0 radical (unpaired) electrons. The summed E-state index contributed by atoms with van der Waals surface area (Å²) in [6.07, 6.45) is -3.44. The average Bonchev–Trinajstić information content (AvgIpc) is 3.31. The first-order valence-corrected chi connectivity index (χ1v) is 13.0. The van der Waals surface area contributed by atoms with E-state index < -0.39 is 17.8 Å². The summed E-state index contributed by atoms with van der Waals surface area (Å²) in [6, 6.07) is 12.3. The zero-order valence-corrected chi connectivity index (χ0v) is 22.4. The van der Waals surface area contributed by atoms with Gasteiger partial charge in [-0.25, -0.2) is 14.5 Å². The summed E-state index contributed by atoms with van der Waals surface area (Å²) >= 11 is 0. The lowest BCUT2D eigenvalue weighted by Gasteiger charge is -2.31. The number of H-pyrrole nitrogens is 1. The van der Waals surface area contributed by atoms with E-state index in [2.05, 4.69) is 53.5 Å². The monoisotopic (exact) mass is 553 g/mol. The molecule has 0 spiro atoms. The number of hydrogen-bond acceptors (Lipinski definition) is 5. The molecule has 2 amide bonds. The van der Waals surface area contributed by atoms with Crippen LogP contribution >= 0.6 is 0 Å². The predicted molar refractivity (Wildman–Crippen MR) is 144 cm³/mol. The molecule has 1 fully saturated rings. The van der Waals surface area contributed by atoms with Crippen molar-refractivity contribution in [3.8, 4) is 0 Å². The molecular formula is C28H30F3N7O2. The Balaban J connectivity index is 1.27. The fourth-order valence-corrected chi connectivity index (χ4v) is 4.80. The molecule has 5 rings (SSSR count). The Labute approximate surface area is 228 Å². The molecule has 0 bridgehead atoms. The maximum Gasteiger partial charge on any atom is 0.416 e. The van der Waals surface area contributed by atoms with Crippen LogP contribution in [-0.4, -0.2) is 49.0 Å². The highest BCUT2D eigenvalue weighted by Crippen LogP contribution is 2.31. The Hall–Kier alpha value is -4.22. The van der Waals surface area contributed by atoms with Crippen LogP contribution in [0.3, 0.4) is 0 Å². The number of rotatable bonds is 4. The molecule has 3 heterocycles. The number of alkyl halides is 3. The van der Waals surface area contributed by atoms with Crippen molar-refractivity contribution in [3.63, 3.8) is 0 Å². The van der Waals surface area contributed by atoms with Gasteiger partial charge in [0.15, 0.2) is 11.2 Å². The van der Waals surface area contributed by atoms with E-state index in [9.17, 15) is 22.8 Å². The fourth-order valence-electron chi connectivity index (χ4n) is 4.80. The molecule has 2 aromatic heterocycles. The molecule has 0 saturated carbocycles. The summed E-state index contributed by atoms with van der Waals surface area (Å²) in [7, 11) is 0. The zero-order chi connectivity index (χ0) is 28.7. The third-order valence-electron chi connectivity index (χ3n) is 7.15. The van der Waals surface area contributed by atoms with Crippen LogP contribution in [0.15, 0.2) is 53.3 Å². The van der Waals surface area contributed by atoms with Crippen LogP contribution in [0.5, 0.6) is 0 Å². The van der Waals surface area contributed by atoms with E-state index in [1.165, 1.54) is 17.7 Å². The van der Waals surface area contributed by atoms with Crippen molar-refractivity contribution in [1.29, 1.82) is 0 Å². The SMILES string of the molecule is CC(C)(C)c1ccc(Cn2nnc3c(=O)[nH]c(C4CCN(C(=O)Nc5cccc(C(F)(F)F)c5)CC4)nc32)cc1. The maximum atomic E-state index is 13.0. The maximum absolute atomic E-state index is 13.0. The first-order chi connectivity index (χ1) is 18.9. The summed E-state index contributed by atoms with van der Waals surface area (Å²) in [5.41, 5.74) is 1.68. The predicted octanol–water partition coefficient (Wildman–Crippen LogP) is 5.29. The van der Waals surface area contributed by atoms with Gasteiger partial charge in [-0.1, -0.05) is 56.3 Å². The van der Waals surface area contributed by atoms with Gasteiger partial charge in [0.25, 0.3) is 5.56 Å². The third kappa shape index (κ3) is 5.85. The number of likely N-dealkylation sites (tertiary alicyclic amines) is 1. The number of amides is 2. The smallest absolute Gasteiger partial charge is 0.324 e. The third-order valence-corrected chi connectivity index (χ3v) is 7.15. The van der Waals surface area contributed by atoms with Crippen LogP contribution in [0.1, 0.15) is 62.0 Å². The van der Waals surface area contributed by atoms with Gasteiger partial charge in [-0.05, 0) is 47.6 Å². The topological polar surface area (TPSA) is 109 Å². The molecule has 1 saturated heterocycles. The Kier molecular flexibility index (Phi) is 7.11. The first-order valence-electron chi connectivity index (χ1n) is 13.0. The number of benzene rings is 2. The number of urea groups is 1. The number of halogens is 3. The summed E-state index contributed by atoms with van der Waals surface area (Å²) < 4.78 is 40.6. The van der Waals surface area contributed by atoms with E-state index in [1.54, 1.807) is 9.58 Å². The minimum atomic E-state index is -4.49. The van der Waals surface area contributed by atoms with E-state index >= 15 is 0 Å². The van der Waals surface area contributed by atoms with Crippen LogP contribution in [0.4, 0.5) is 23.7 Å². The van der Waals surface area contributed by atoms with Crippen LogP contribution in [0.25, 0.3) is 11.2 Å². The van der Waals surface area contributed by atoms with Gasteiger partial charge >= 0.3 is 12.2 Å². The van der Waals surface area contributed by atoms with Crippen LogP contribution in [0, 0.1) is 0 Å². The number of anilines is 1. The Morgan fingerprint density at radius 3 is 2.40 bits per heavy atom. The molecule has 1 aliphatic rings. The number of hydrogen-bond donors (Lipinski definition) is 2. The average molecular weight is 554 g/mol. The van der Waals surface area contributed by atoms with E-state index in [4.69, 9.17) is 4.98 Å². The number of aromatic amines is 1. The van der Waals surface area contributed by atoms with E-state index in [0.717, 1.165) is 17.7 Å². The number of aromatic nitrogens is 5. The normalized spacial score (nSPS) is 15.0. The van der Waals surface area contributed by atoms with Crippen molar-refractivity contribution in [2.24, 2.45) is 0 Å². The Morgan fingerprint density at radius 2 is 1.75 bits per heavy atom. The lowest BCUT2D eigenvalue weighted by Crippen LogP contribution is -2.41. The minimum Gasteiger partial charge on any atom is -0.324 e. The van der Waals surface area contributed by atoms with E-state index in [0.29, 0.717) is 43.9 Å². The number of fused-ring (bicyclic) bond motifs is 1. The summed E-state index contributed by atoms with van der Waals surface area (Å²) in [5, 5.41) is 10.7. The van der Waals surface area contributed by atoms with Gasteiger partial charge in [0.2, 0.25) is 0 Å². The van der Waals surface area contributed by atoms with Gasteiger partial charge < -0.3 is 15.2 Å². The van der Waals surface area contributed by atoms with Crippen molar-refractivity contribution >= 4 is 22.9 Å². The number of nitrogens with one attached hydrogen (secondary N) is 2. The van der Waals surface area contributed by atoms with Crippen LogP contribution in [-0.2, 0) is 18.1 Å². The number of carbonyl (C=O) groups is 1. The Bertz CT molecular complexity index is 1580. The lowest BCUT2D eigenvalue weighted by molar-refractivity contribution is -0.137. The summed E-state index contributed by atoms with van der Waals surface area (Å²) in [6.45, 7) is 7.57. The summed E-state index contributed by atoms with van der Waals surface area (Å²) in [4.78, 5) is 34.5. The minimum absolute atomic E-state index is 0.0384. The van der Waals surface area contributed by atoms with Crippen LogP contribution in [0.2, 0.25) is 0 Å². The van der Waals surface area contributed by atoms with Crippen molar-refractivity contribution in [2.45, 2.75) is 57.7 Å². The van der Waals surface area contributed by atoms with Crippen molar-refractivity contribution in [1.82, 2.24) is 29.9 Å². The number of piperidine rings is 1. The van der Waals surface area contributed by atoms with E-state index in [1.807, 2.05) is 12.1 Å². The molecule has 4 aromatic rings. The molecule has 210 valence electrons. The molecule has 2 aromatic carbocycles. The zero-order valence-electron chi connectivity index (χ0n) is 22.4. The molecular weight excluding hydrogens is 523 g/mol. The lowest BCUT2D eigenvalue weighted by atomic mass is 9.87. The standard InChI is InChI=1S/C28H30F3N7O2/c1-27(2,3)19-9-7-17(8-10-19)16-38-24-22(35-36-38)25(39)34-23(33-24)18-11-13-37(14-12-18)26(40)32-21-6-4-5-20(15-21)28(29,30)31/h4-10,15,18H,11-14,16H2,1-3H3,(H,32,40)(H,33,34,39). The molecule has 0 unspecified atom stereocenters. The highest BCUT2D eigenvalue weighted by Gasteiger charge is 2.31. The van der Waals surface area contributed by atoms with Crippen molar-refractivity contribution < 1.29 is 18.0 Å². The van der Waals surface area contributed by atoms with Gasteiger partial charge in [0, 0.05) is 24.7 Å². The van der Waals surface area contributed by atoms with Gasteiger partial charge in [0.05, 0.1) is 12.1 Å². The van der Waals surface area contributed by atoms with Gasteiger partial charge in [-0.2, -0.15) is 13.2 Å². The molecule has 1 aliphatic heterocycles. The van der Waals surface area contributed by atoms with E-state index in [-0.39, 0.29) is 28.1 Å². The second-order valence-electron chi connectivity index (χ2n) is 11.1. The quantitative estimate of drug-likeness (QED) is 0.357. The van der Waals surface area contributed by atoms with Crippen molar-refractivity contribution in [3.05, 3.63) is 81.4 Å². The highest BCUT2D eigenvalue weighted by atomic mass is 19.4. The van der Waals surface area contributed by atoms with Gasteiger partial charge in [-0.3, -0.25) is 4.79 Å². The highest BCUT2D eigenvalue weighted by molar-refractivity contribution is 5.89. The van der Waals surface area contributed by atoms with Gasteiger partial charge in [-0.15, -0.1) is 5.10 Å². The first kappa shape index (κ1) is 27.4. The number of carbonyl (C=O) groups excluding carboxylic acids is 1. The molecule has 12 heteroatoms. The molecule has 0 atom stereocenters. The number of nitrogens with zero attached hydrogens (tertiary/aromatic N) is 5. The molecule has 2 N–H and O–H groups in total. The molecule has 0 aliphatic carbocycles. The van der Waals surface area contributed by atoms with Crippen molar-refractivity contribution in [2.75, 3.05) is 18.4 Å². The second-order valence-corrected chi connectivity index (χ2v) is 11.1. The second kappa shape index (κ2) is 10.4. The molecule has 40 heavy (non-hydrogen) atoms. The Morgan fingerprint density at radius 1 is 1.05 bits per heavy atom. The summed E-state index contributed by atoms with van der Waals surface area (Å²) in [5.74, 6) is 0.395. The van der Waals surface area contributed by atoms with Crippen LogP contribution < -0.4 is 10.9 Å². The largest absolute Gasteiger partial charge is 0.416 e. The molecule has 9 nitrogen and oxygen atoms in total. The van der Waals surface area contributed by atoms with Gasteiger partial charge in [0.1, 0.15) is 5.82 Å². The fraction of sp³-hybridized carbons (Fsp3) is 0.393.